The minimum atomic E-state index is -0.785. The van der Waals surface area contributed by atoms with E-state index in [0.29, 0.717) is 12.3 Å². The molecule has 1 saturated heterocycles. The quantitative estimate of drug-likeness (QED) is 0.846. The van der Waals surface area contributed by atoms with E-state index in [1.807, 2.05) is 6.92 Å². The first-order valence-corrected chi connectivity index (χ1v) is 7.19. The standard InChI is InChI=1S/C16H16N4O3/c1-3-9-20-16(22)19-11-10-18(15(21)14(19)17-20)12-5-7-13(8-6-12)23-4-2/h1,5-8,10-11,14,17H,4,9H2,2H3. The molecular weight excluding hydrogens is 296 g/mol. The third kappa shape index (κ3) is 2.60. The average molecular weight is 312 g/mol. The Bertz CT molecular complexity index is 692. The van der Waals surface area contributed by atoms with Crippen LogP contribution in [0.4, 0.5) is 10.5 Å². The molecule has 2 heterocycles. The molecule has 23 heavy (non-hydrogen) atoms. The first-order valence-electron chi connectivity index (χ1n) is 7.19. The molecule has 0 saturated carbocycles. The number of nitrogens with one attached hydrogen (secondary N) is 1. The average Bonchev–Trinajstić information content (AvgIpc) is 2.87. The van der Waals surface area contributed by atoms with Crippen molar-refractivity contribution in [3.63, 3.8) is 0 Å². The van der Waals surface area contributed by atoms with Gasteiger partial charge >= 0.3 is 6.03 Å². The lowest BCUT2D eigenvalue weighted by Gasteiger charge is -2.29. The molecule has 7 heteroatoms. The largest absolute Gasteiger partial charge is 0.494 e. The van der Waals surface area contributed by atoms with Crippen molar-refractivity contribution in [3.8, 4) is 18.1 Å². The van der Waals surface area contributed by atoms with Crippen molar-refractivity contribution in [2.75, 3.05) is 18.1 Å². The Hall–Kier alpha value is -2.98. The fourth-order valence-electron chi connectivity index (χ4n) is 2.47. The zero-order chi connectivity index (χ0) is 16.4. The second-order valence-corrected chi connectivity index (χ2v) is 4.95. The third-order valence-electron chi connectivity index (χ3n) is 3.53. The number of ether oxygens (including phenoxy) is 1. The lowest BCUT2D eigenvalue weighted by Crippen LogP contribution is -2.51. The molecule has 0 aromatic heterocycles. The molecule has 0 spiro atoms. The van der Waals surface area contributed by atoms with Crippen LogP contribution >= 0.6 is 0 Å². The van der Waals surface area contributed by atoms with E-state index in [2.05, 4.69) is 11.3 Å². The smallest absolute Gasteiger partial charge is 0.341 e. The van der Waals surface area contributed by atoms with Gasteiger partial charge in [-0.1, -0.05) is 5.92 Å². The minimum Gasteiger partial charge on any atom is -0.494 e. The van der Waals surface area contributed by atoms with Crippen molar-refractivity contribution in [2.24, 2.45) is 0 Å². The van der Waals surface area contributed by atoms with Crippen LogP contribution in [0.3, 0.4) is 0 Å². The summed E-state index contributed by atoms with van der Waals surface area (Å²) in [6.07, 6.45) is 7.57. The van der Waals surface area contributed by atoms with Gasteiger partial charge in [-0.3, -0.25) is 14.6 Å². The van der Waals surface area contributed by atoms with Gasteiger partial charge in [0.05, 0.1) is 13.2 Å². The molecule has 1 aromatic rings. The normalized spacial score (nSPS) is 19.8. The molecule has 1 fully saturated rings. The molecule has 3 amide bonds. The van der Waals surface area contributed by atoms with Crippen LogP contribution in [-0.2, 0) is 4.79 Å². The van der Waals surface area contributed by atoms with E-state index in [-0.39, 0.29) is 18.5 Å². The Kier molecular flexibility index (Phi) is 3.91. The number of fused-ring (bicyclic) bond motifs is 1. The summed E-state index contributed by atoms with van der Waals surface area (Å²) in [4.78, 5) is 27.5. The Morgan fingerprint density at radius 1 is 1.26 bits per heavy atom. The molecule has 118 valence electrons. The number of terminal acetylenes is 1. The molecule has 2 aliphatic heterocycles. The number of anilines is 1. The molecule has 7 nitrogen and oxygen atoms in total. The van der Waals surface area contributed by atoms with E-state index >= 15 is 0 Å². The van der Waals surface area contributed by atoms with Crippen LogP contribution in [0, 0.1) is 12.3 Å². The maximum absolute atomic E-state index is 12.6. The molecular formula is C16H16N4O3. The Morgan fingerprint density at radius 2 is 2.00 bits per heavy atom. The molecule has 0 radical (unpaired) electrons. The van der Waals surface area contributed by atoms with Gasteiger partial charge in [0.2, 0.25) is 0 Å². The molecule has 3 rings (SSSR count). The van der Waals surface area contributed by atoms with Crippen molar-refractivity contribution in [1.29, 1.82) is 0 Å². The number of benzene rings is 1. The van der Waals surface area contributed by atoms with Gasteiger partial charge < -0.3 is 4.74 Å². The highest BCUT2D eigenvalue weighted by Gasteiger charge is 2.43. The lowest BCUT2D eigenvalue weighted by atomic mass is 10.2. The molecule has 1 atom stereocenters. The number of hydrogen-bond acceptors (Lipinski definition) is 4. The lowest BCUT2D eigenvalue weighted by molar-refractivity contribution is -0.122. The predicted octanol–water partition coefficient (Wildman–Crippen LogP) is 1.10. The van der Waals surface area contributed by atoms with Crippen molar-refractivity contribution < 1.29 is 14.3 Å². The van der Waals surface area contributed by atoms with Crippen LogP contribution < -0.4 is 15.1 Å². The number of hydrazine groups is 1. The number of carbonyl (C=O) groups is 2. The fraction of sp³-hybridized carbons (Fsp3) is 0.250. The van der Waals surface area contributed by atoms with Crippen LogP contribution in [0.25, 0.3) is 0 Å². The molecule has 0 aliphatic carbocycles. The van der Waals surface area contributed by atoms with E-state index in [9.17, 15) is 9.59 Å². The highest BCUT2D eigenvalue weighted by atomic mass is 16.5. The summed E-state index contributed by atoms with van der Waals surface area (Å²) in [7, 11) is 0. The van der Waals surface area contributed by atoms with Crippen LogP contribution in [0.5, 0.6) is 5.75 Å². The van der Waals surface area contributed by atoms with Gasteiger partial charge in [-0.2, -0.15) is 5.43 Å². The Labute approximate surface area is 134 Å². The van der Waals surface area contributed by atoms with Crippen molar-refractivity contribution in [1.82, 2.24) is 15.3 Å². The van der Waals surface area contributed by atoms with E-state index in [1.54, 1.807) is 36.7 Å². The van der Waals surface area contributed by atoms with Crippen LogP contribution in [0.1, 0.15) is 6.92 Å². The summed E-state index contributed by atoms with van der Waals surface area (Å²) in [6, 6.07) is 6.83. The molecule has 1 N–H and O–H groups in total. The second-order valence-electron chi connectivity index (χ2n) is 4.95. The Balaban J connectivity index is 1.81. The van der Waals surface area contributed by atoms with Gasteiger partial charge in [-0.05, 0) is 31.2 Å². The van der Waals surface area contributed by atoms with E-state index < -0.39 is 6.17 Å². The van der Waals surface area contributed by atoms with Crippen LogP contribution in [-0.4, -0.2) is 41.2 Å². The maximum atomic E-state index is 12.6. The number of urea groups is 1. The monoisotopic (exact) mass is 312 g/mol. The first-order chi connectivity index (χ1) is 11.2. The Morgan fingerprint density at radius 3 is 2.65 bits per heavy atom. The summed E-state index contributed by atoms with van der Waals surface area (Å²) in [6.45, 7) is 2.58. The molecule has 0 bridgehead atoms. The molecule has 2 aliphatic rings. The van der Waals surface area contributed by atoms with Crippen molar-refractivity contribution >= 4 is 17.6 Å². The van der Waals surface area contributed by atoms with Gasteiger partial charge in [-0.25, -0.2) is 9.80 Å². The third-order valence-corrected chi connectivity index (χ3v) is 3.53. The fourth-order valence-corrected chi connectivity index (χ4v) is 2.47. The highest BCUT2D eigenvalue weighted by molar-refractivity contribution is 6.03. The molecule has 1 unspecified atom stereocenters. The number of hydrogen-bond donors (Lipinski definition) is 1. The predicted molar refractivity (Wildman–Crippen MR) is 83.9 cm³/mol. The van der Waals surface area contributed by atoms with Crippen LogP contribution in [0.15, 0.2) is 36.7 Å². The van der Waals surface area contributed by atoms with Gasteiger partial charge in [0.25, 0.3) is 5.91 Å². The summed E-state index contributed by atoms with van der Waals surface area (Å²) in [5.41, 5.74) is 3.52. The summed E-state index contributed by atoms with van der Waals surface area (Å²) in [5.74, 6) is 2.86. The number of carbonyl (C=O) groups excluding carboxylic acids is 2. The van der Waals surface area contributed by atoms with Gasteiger partial charge in [0, 0.05) is 18.1 Å². The van der Waals surface area contributed by atoms with Gasteiger partial charge in [0.15, 0.2) is 6.17 Å². The summed E-state index contributed by atoms with van der Waals surface area (Å²) in [5, 5.41) is 1.24. The van der Waals surface area contributed by atoms with E-state index in [0.717, 1.165) is 5.75 Å². The SMILES string of the molecule is C#CCN1NC2C(=O)N(c3ccc(OCC)cc3)C=CN2C1=O. The summed E-state index contributed by atoms with van der Waals surface area (Å²) < 4.78 is 5.39. The second kappa shape index (κ2) is 6.02. The number of nitrogens with zero attached hydrogens (tertiary/aromatic N) is 3. The van der Waals surface area contributed by atoms with E-state index in [4.69, 9.17) is 11.2 Å². The van der Waals surface area contributed by atoms with Crippen molar-refractivity contribution in [3.05, 3.63) is 36.7 Å². The molecule has 1 aromatic carbocycles. The maximum Gasteiger partial charge on any atom is 0.341 e. The van der Waals surface area contributed by atoms with Gasteiger partial charge in [-0.15, -0.1) is 6.42 Å². The topological polar surface area (TPSA) is 65.1 Å². The summed E-state index contributed by atoms with van der Waals surface area (Å²) >= 11 is 0. The number of amides is 3. The minimum absolute atomic E-state index is 0.0933. The zero-order valence-electron chi connectivity index (χ0n) is 12.6. The van der Waals surface area contributed by atoms with Crippen molar-refractivity contribution in [2.45, 2.75) is 13.1 Å². The zero-order valence-corrected chi connectivity index (χ0v) is 12.6. The van der Waals surface area contributed by atoms with Gasteiger partial charge in [0.1, 0.15) is 5.75 Å². The number of rotatable bonds is 4. The van der Waals surface area contributed by atoms with Crippen LogP contribution in [0.2, 0.25) is 0 Å². The first kappa shape index (κ1) is 14.9. The highest BCUT2D eigenvalue weighted by Crippen LogP contribution is 2.25. The van der Waals surface area contributed by atoms with E-state index in [1.165, 1.54) is 14.8 Å².